The van der Waals surface area contributed by atoms with Gasteiger partial charge in [-0.2, -0.15) is 0 Å². The number of rotatable bonds is 6. The van der Waals surface area contributed by atoms with Crippen LogP contribution in [0, 0.1) is 0 Å². The van der Waals surface area contributed by atoms with Gasteiger partial charge in [-0.3, -0.25) is 9.59 Å². The van der Waals surface area contributed by atoms with Crippen LogP contribution in [0.25, 0.3) is 0 Å². The molecule has 1 N–H and O–H groups in total. The predicted octanol–water partition coefficient (Wildman–Crippen LogP) is 3.70. The molecule has 0 saturated heterocycles. The molecule has 0 radical (unpaired) electrons. The number of amides is 2. The molecule has 4 rings (SSSR count). The van der Waals surface area contributed by atoms with E-state index in [1.54, 1.807) is 11.0 Å². The standard InChI is InChI=1S/C25H24N2O4/c1-18(28)27-16-24(31-23-14-8-7-13-22(23)27)25(29)26-15-19-9-5-6-10-20(19)17-30-21-11-3-2-4-12-21/h2-14,24H,15-17H2,1H3,(H,26,29). The molecule has 158 valence electrons. The summed E-state index contributed by atoms with van der Waals surface area (Å²) in [6, 6.07) is 24.7. The van der Waals surface area contributed by atoms with Crippen LogP contribution in [0.15, 0.2) is 78.9 Å². The summed E-state index contributed by atoms with van der Waals surface area (Å²) in [5.74, 6) is 0.928. The number of carbonyl (C=O) groups excluding carboxylic acids is 2. The average Bonchev–Trinajstić information content (AvgIpc) is 2.81. The van der Waals surface area contributed by atoms with E-state index in [4.69, 9.17) is 9.47 Å². The molecule has 3 aromatic rings. The van der Waals surface area contributed by atoms with Crippen molar-refractivity contribution in [3.05, 3.63) is 90.0 Å². The Hall–Kier alpha value is -3.80. The summed E-state index contributed by atoms with van der Waals surface area (Å²) in [7, 11) is 0. The van der Waals surface area contributed by atoms with Gasteiger partial charge in [-0.1, -0.05) is 54.6 Å². The van der Waals surface area contributed by atoms with E-state index in [1.807, 2.05) is 72.8 Å². The number of ether oxygens (including phenoxy) is 2. The highest BCUT2D eigenvalue weighted by molar-refractivity contribution is 5.95. The maximum Gasteiger partial charge on any atom is 0.263 e. The zero-order valence-electron chi connectivity index (χ0n) is 17.3. The smallest absolute Gasteiger partial charge is 0.263 e. The second kappa shape index (κ2) is 9.34. The third-order valence-corrected chi connectivity index (χ3v) is 5.16. The lowest BCUT2D eigenvalue weighted by molar-refractivity contribution is -0.128. The fraction of sp³-hybridized carbons (Fsp3) is 0.200. The second-order valence-corrected chi connectivity index (χ2v) is 7.29. The molecular formula is C25H24N2O4. The van der Waals surface area contributed by atoms with Crippen molar-refractivity contribution in [2.75, 3.05) is 11.4 Å². The summed E-state index contributed by atoms with van der Waals surface area (Å²) in [4.78, 5) is 26.5. The summed E-state index contributed by atoms with van der Waals surface area (Å²) in [5, 5.41) is 2.94. The van der Waals surface area contributed by atoms with Gasteiger partial charge in [0.25, 0.3) is 5.91 Å². The van der Waals surface area contributed by atoms with Crippen molar-refractivity contribution in [2.24, 2.45) is 0 Å². The summed E-state index contributed by atoms with van der Waals surface area (Å²) in [6.45, 7) is 2.41. The highest BCUT2D eigenvalue weighted by Crippen LogP contribution is 2.33. The van der Waals surface area contributed by atoms with Gasteiger partial charge in [0.15, 0.2) is 6.10 Å². The molecule has 1 aliphatic heterocycles. The SMILES string of the molecule is CC(=O)N1CC(C(=O)NCc2ccccc2COc2ccccc2)Oc2ccccc21. The number of hydrogen-bond donors (Lipinski definition) is 1. The summed E-state index contributed by atoms with van der Waals surface area (Å²) in [6.07, 6.45) is -0.772. The minimum Gasteiger partial charge on any atom is -0.489 e. The van der Waals surface area contributed by atoms with E-state index >= 15 is 0 Å². The second-order valence-electron chi connectivity index (χ2n) is 7.29. The first-order chi connectivity index (χ1) is 15.1. The number of carbonyl (C=O) groups is 2. The summed E-state index contributed by atoms with van der Waals surface area (Å²) < 4.78 is 11.7. The van der Waals surface area contributed by atoms with Crippen LogP contribution < -0.4 is 19.7 Å². The zero-order valence-corrected chi connectivity index (χ0v) is 17.3. The third-order valence-electron chi connectivity index (χ3n) is 5.16. The first kappa shape index (κ1) is 20.5. The minimum absolute atomic E-state index is 0.128. The Balaban J connectivity index is 1.41. The molecule has 1 unspecified atom stereocenters. The van der Waals surface area contributed by atoms with E-state index in [-0.39, 0.29) is 18.4 Å². The van der Waals surface area contributed by atoms with Crippen molar-refractivity contribution in [2.45, 2.75) is 26.2 Å². The lowest BCUT2D eigenvalue weighted by Crippen LogP contribution is -2.50. The molecule has 31 heavy (non-hydrogen) atoms. The van der Waals surface area contributed by atoms with Gasteiger partial charge >= 0.3 is 0 Å². The van der Waals surface area contributed by atoms with Crippen molar-refractivity contribution < 1.29 is 19.1 Å². The largest absolute Gasteiger partial charge is 0.489 e. The maximum absolute atomic E-state index is 12.8. The highest BCUT2D eigenvalue weighted by atomic mass is 16.5. The fourth-order valence-electron chi connectivity index (χ4n) is 3.51. The number of nitrogens with one attached hydrogen (secondary N) is 1. The number of hydrogen-bond acceptors (Lipinski definition) is 4. The van der Waals surface area contributed by atoms with Gasteiger partial charge in [-0.05, 0) is 35.4 Å². The Morgan fingerprint density at radius 1 is 0.968 bits per heavy atom. The molecular weight excluding hydrogens is 392 g/mol. The van der Waals surface area contributed by atoms with Crippen LogP contribution in [0.5, 0.6) is 11.5 Å². The molecule has 0 bridgehead atoms. The van der Waals surface area contributed by atoms with Crippen LogP contribution in [0.3, 0.4) is 0 Å². The molecule has 0 fully saturated rings. The van der Waals surface area contributed by atoms with Gasteiger partial charge in [0.2, 0.25) is 5.91 Å². The highest BCUT2D eigenvalue weighted by Gasteiger charge is 2.32. The minimum atomic E-state index is -0.772. The van der Waals surface area contributed by atoms with Gasteiger partial charge < -0.3 is 19.7 Å². The van der Waals surface area contributed by atoms with E-state index in [1.165, 1.54) is 6.92 Å². The van der Waals surface area contributed by atoms with Crippen molar-refractivity contribution in [1.82, 2.24) is 5.32 Å². The van der Waals surface area contributed by atoms with E-state index in [9.17, 15) is 9.59 Å². The van der Waals surface area contributed by atoms with Gasteiger partial charge in [-0.25, -0.2) is 0 Å². The topological polar surface area (TPSA) is 67.9 Å². The van der Waals surface area contributed by atoms with Gasteiger partial charge in [0.05, 0.1) is 12.2 Å². The Kier molecular flexibility index (Phi) is 6.17. The Morgan fingerprint density at radius 3 is 2.42 bits per heavy atom. The van der Waals surface area contributed by atoms with Crippen LogP contribution in [0.4, 0.5) is 5.69 Å². The Labute approximate surface area is 181 Å². The quantitative estimate of drug-likeness (QED) is 0.665. The maximum atomic E-state index is 12.8. The molecule has 2 amide bonds. The van der Waals surface area contributed by atoms with Gasteiger partial charge in [0, 0.05) is 13.5 Å². The van der Waals surface area contributed by atoms with E-state index in [0.29, 0.717) is 24.6 Å². The van der Waals surface area contributed by atoms with Crippen LogP contribution in [0.1, 0.15) is 18.1 Å². The lowest BCUT2D eigenvalue weighted by Gasteiger charge is -2.33. The lowest BCUT2D eigenvalue weighted by atomic mass is 10.1. The number of benzene rings is 3. The fourth-order valence-corrected chi connectivity index (χ4v) is 3.51. The summed E-state index contributed by atoms with van der Waals surface area (Å²) >= 11 is 0. The number of anilines is 1. The third kappa shape index (κ3) is 4.86. The summed E-state index contributed by atoms with van der Waals surface area (Å²) in [5.41, 5.74) is 2.64. The molecule has 0 aliphatic carbocycles. The number of nitrogens with zero attached hydrogens (tertiary/aromatic N) is 1. The molecule has 0 aromatic heterocycles. The van der Waals surface area contributed by atoms with Crippen LogP contribution in [-0.2, 0) is 22.7 Å². The molecule has 0 saturated carbocycles. The molecule has 1 aliphatic rings. The van der Waals surface area contributed by atoms with E-state index in [0.717, 1.165) is 16.9 Å². The van der Waals surface area contributed by atoms with E-state index < -0.39 is 6.10 Å². The first-order valence-corrected chi connectivity index (χ1v) is 10.2. The number of fused-ring (bicyclic) bond motifs is 1. The van der Waals surface area contributed by atoms with Crippen molar-refractivity contribution >= 4 is 17.5 Å². The predicted molar refractivity (Wildman–Crippen MR) is 118 cm³/mol. The van der Waals surface area contributed by atoms with Crippen molar-refractivity contribution in [1.29, 1.82) is 0 Å². The van der Waals surface area contributed by atoms with Crippen LogP contribution >= 0.6 is 0 Å². The molecule has 1 atom stereocenters. The molecule has 1 heterocycles. The van der Waals surface area contributed by atoms with Crippen molar-refractivity contribution in [3.63, 3.8) is 0 Å². The molecule has 0 spiro atoms. The Bertz CT molecular complexity index is 1070. The Morgan fingerprint density at radius 2 is 1.65 bits per heavy atom. The van der Waals surface area contributed by atoms with Crippen LogP contribution in [0.2, 0.25) is 0 Å². The monoisotopic (exact) mass is 416 g/mol. The molecule has 3 aromatic carbocycles. The first-order valence-electron chi connectivity index (χ1n) is 10.2. The van der Waals surface area contributed by atoms with Crippen molar-refractivity contribution in [3.8, 4) is 11.5 Å². The van der Waals surface area contributed by atoms with Gasteiger partial charge in [0.1, 0.15) is 18.1 Å². The zero-order chi connectivity index (χ0) is 21.6. The normalized spacial score (nSPS) is 14.9. The number of para-hydroxylation sites is 3. The molecule has 6 nitrogen and oxygen atoms in total. The van der Waals surface area contributed by atoms with Crippen LogP contribution in [-0.4, -0.2) is 24.5 Å². The van der Waals surface area contributed by atoms with Gasteiger partial charge in [-0.15, -0.1) is 0 Å². The molecule has 6 heteroatoms. The van der Waals surface area contributed by atoms with E-state index in [2.05, 4.69) is 5.32 Å². The average molecular weight is 416 g/mol.